The van der Waals surface area contributed by atoms with E-state index in [9.17, 15) is 25.0 Å². The van der Waals surface area contributed by atoms with E-state index in [1.54, 1.807) is 13.0 Å². The highest BCUT2D eigenvalue weighted by Gasteiger charge is 2.23. The van der Waals surface area contributed by atoms with Gasteiger partial charge in [-0.2, -0.15) is 5.26 Å². The van der Waals surface area contributed by atoms with Crippen molar-refractivity contribution in [3.05, 3.63) is 62.0 Å². The first-order chi connectivity index (χ1) is 13.4. The second kappa shape index (κ2) is 9.29. The number of benzene rings is 1. The van der Waals surface area contributed by atoms with Gasteiger partial charge in [0, 0.05) is 23.8 Å². The standard InChI is InChI=1S/C18H15N3O6S/c1-2-26-18(23)16-14(13(9-19)17(20)28-16)10-27-15(22)7-6-11-4-3-5-12(8-11)21(24)25/h3-8H,2,10,20H2,1H3/b7-6+. The summed E-state index contributed by atoms with van der Waals surface area (Å²) in [6.45, 7) is 1.44. The van der Waals surface area contributed by atoms with Crippen LogP contribution in [0.1, 0.15) is 33.3 Å². The van der Waals surface area contributed by atoms with Crippen LogP contribution in [-0.4, -0.2) is 23.5 Å². The van der Waals surface area contributed by atoms with Crippen molar-refractivity contribution in [3.8, 4) is 6.07 Å². The fourth-order valence-corrected chi connectivity index (χ4v) is 3.12. The number of non-ortho nitro benzene ring substituents is 1. The van der Waals surface area contributed by atoms with Crippen molar-refractivity contribution in [1.82, 2.24) is 0 Å². The molecule has 0 aliphatic carbocycles. The van der Waals surface area contributed by atoms with Crippen LogP contribution in [0.25, 0.3) is 6.08 Å². The maximum atomic E-state index is 12.0. The van der Waals surface area contributed by atoms with Gasteiger partial charge in [0.2, 0.25) is 0 Å². The molecule has 144 valence electrons. The minimum atomic E-state index is -0.755. The Hall–Kier alpha value is -3.71. The Labute approximate surface area is 163 Å². The Morgan fingerprint density at radius 3 is 2.79 bits per heavy atom. The van der Waals surface area contributed by atoms with Crippen LogP contribution in [0.4, 0.5) is 10.7 Å². The fraction of sp³-hybridized carbons (Fsp3) is 0.167. The predicted octanol–water partition coefficient (Wildman–Crippen LogP) is 3.04. The number of nitriles is 1. The van der Waals surface area contributed by atoms with Gasteiger partial charge in [-0.25, -0.2) is 9.59 Å². The number of nitro benzene ring substituents is 1. The monoisotopic (exact) mass is 401 g/mol. The maximum Gasteiger partial charge on any atom is 0.348 e. The van der Waals surface area contributed by atoms with Crippen molar-refractivity contribution in [2.45, 2.75) is 13.5 Å². The topological polar surface area (TPSA) is 146 Å². The number of ether oxygens (including phenoxy) is 2. The predicted molar refractivity (Wildman–Crippen MR) is 101 cm³/mol. The van der Waals surface area contributed by atoms with Crippen molar-refractivity contribution < 1.29 is 24.0 Å². The Morgan fingerprint density at radius 2 is 2.14 bits per heavy atom. The summed E-state index contributed by atoms with van der Waals surface area (Å²) < 4.78 is 10.0. The molecule has 0 spiro atoms. The van der Waals surface area contributed by atoms with Gasteiger partial charge in [-0.05, 0) is 18.6 Å². The van der Waals surface area contributed by atoms with Gasteiger partial charge in [-0.3, -0.25) is 10.1 Å². The van der Waals surface area contributed by atoms with E-state index in [0.717, 1.165) is 17.4 Å². The number of nitrogens with zero attached hydrogens (tertiary/aromatic N) is 2. The highest BCUT2D eigenvalue weighted by molar-refractivity contribution is 7.18. The Kier molecular flexibility index (Phi) is 6.84. The van der Waals surface area contributed by atoms with Crippen LogP contribution in [-0.2, 0) is 20.9 Å². The number of hydrogen-bond donors (Lipinski definition) is 1. The summed E-state index contributed by atoms with van der Waals surface area (Å²) >= 11 is 0.887. The molecule has 2 N–H and O–H groups in total. The van der Waals surface area contributed by atoms with Gasteiger partial charge in [0.05, 0.1) is 17.1 Å². The van der Waals surface area contributed by atoms with E-state index < -0.39 is 16.9 Å². The van der Waals surface area contributed by atoms with Gasteiger partial charge < -0.3 is 15.2 Å². The molecule has 2 aromatic rings. The fourth-order valence-electron chi connectivity index (χ4n) is 2.20. The number of carbonyl (C=O) groups is 2. The van der Waals surface area contributed by atoms with E-state index in [1.165, 1.54) is 24.3 Å². The number of nitrogens with two attached hydrogens (primary N) is 1. The quantitative estimate of drug-likeness (QED) is 0.322. The van der Waals surface area contributed by atoms with Gasteiger partial charge in [0.1, 0.15) is 22.6 Å². The molecule has 0 unspecified atom stereocenters. The zero-order valence-corrected chi connectivity index (χ0v) is 15.5. The molecule has 0 saturated carbocycles. The van der Waals surface area contributed by atoms with Crippen molar-refractivity contribution in [3.63, 3.8) is 0 Å². The summed E-state index contributed by atoms with van der Waals surface area (Å²) in [5.74, 6) is -1.41. The maximum absolute atomic E-state index is 12.0. The highest BCUT2D eigenvalue weighted by atomic mass is 32.1. The summed E-state index contributed by atoms with van der Waals surface area (Å²) in [5, 5.41) is 20.1. The molecule has 0 fully saturated rings. The zero-order valence-electron chi connectivity index (χ0n) is 14.7. The molecule has 0 atom stereocenters. The Balaban J connectivity index is 2.12. The van der Waals surface area contributed by atoms with Crippen LogP contribution in [0.2, 0.25) is 0 Å². The summed E-state index contributed by atoms with van der Waals surface area (Å²) in [6.07, 6.45) is 2.44. The molecule has 0 aliphatic heterocycles. The molecule has 0 aliphatic rings. The molecular weight excluding hydrogens is 386 g/mol. The summed E-state index contributed by atoms with van der Waals surface area (Å²) in [7, 11) is 0. The number of esters is 2. The van der Waals surface area contributed by atoms with Crippen molar-refractivity contribution >= 4 is 40.0 Å². The molecule has 0 bridgehead atoms. The number of thiophene rings is 1. The molecule has 1 heterocycles. The molecule has 10 heteroatoms. The molecule has 0 radical (unpaired) electrons. The molecule has 0 amide bonds. The van der Waals surface area contributed by atoms with Crippen molar-refractivity contribution in [1.29, 1.82) is 5.26 Å². The van der Waals surface area contributed by atoms with Crippen LogP contribution in [0, 0.1) is 21.4 Å². The van der Waals surface area contributed by atoms with E-state index in [0.29, 0.717) is 5.56 Å². The van der Waals surface area contributed by atoms with Gasteiger partial charge in [-0.15, -0.1) is 11.3 Å². The third-order valence-electron chi connectivity index (χ3n) is 3.46. The smallest absolute Gasteiger partial charge is 0.348 e. The SMILES string of the molecule is CCOC(=O)c1sc(N)c(C#N)c1COC(=O)/C=C/c1cccc([N+](=O)[O-])c1. The number of anilines is 1. The number of hydrogen-bond acceptors (Lipinski definition) is 9. The molecule has 2 rings (SSSR count). The van der Waals surface area contributed by atoms with Crippen LogP contribution < -0.4 is 5.73 Å². The van der Waals surface area contributed by atoms with E-state index in [-0.39, 0.29) is 39.9 Å². The lowest BCUT2D eigenvalue weighted by Crippen LogP contribution is -2.08. The minimum Gasteiger partial charge on any atom is -0.462 e. The van der Waals surface area contributed by atoms with Crippen molar-refractivity contribution in [2.75, 3.05) is 12.3 Å². The average molecular weight is 401 g/mol. The van der Waals surface area contributed by atoms with Crippen LogP contribution in [0.3, 0.4) is 0 Å². The molecule has 9 nitrogen and oxygen atoms in total. The van der Waals surface area contributed by atoms with Crippen molar-refractivity contribution in [2.24, 2.45) is 0 Å². The first kappa shape index (κ1) is 20.6. The second-order valence-electron chi connectivity index (χ2n) is 5.27. The first-order valence-corrected chi connectivity index (χ1v) is 8.76. The van der Waals surface area contributed by atoms with E-state index in [2.05, 4.69) is 0 Å². The normalized spacial score (nSPS) is 10.4. The molecular formula is C18H15N3O6S. The average Bonchev–Trinajstić information content (AvgIpc) is 3.00. The van der Waals surface area contributed by atoms with Crippen LogP contribution in [0.15, 0.2) is 30.3 Å². The Bertz CT molecular complexity index is 990. The van der Waals surface area contributed by atoms with Gasteiger partial charge in [0.25, 0.3) is 5.69 Å². The van der Waals surface area contributed by atoms with E-state index in [1.807, 2.05) is 6.07 Å². The van der Waals surface area contributed by atoms with Crippen LogP contribution >= 0.6 is 11.3 Å². The third kappa shape index (κ3) is 4.93. The second-order valence-corrected chi connectivity index (χ2v) is 6.33. The lowest BCUT2D eigenvalue weighted by atomic mass is 10.1. The summed E-state index contributed by atoms with van der Waals surface area (Å²) in [6, 6.07) is 7.59. The molecule has 1 aromatic carbocycles. The first-order valence-electron chi connectivity index (χ1n) is 7.95. The lowest BCUT2D eigenvalue weighted by Gasteiger charge is -2.05. The van der Waals surface area contributed by atoms with Crippen LogP contribution in [0.5, 0.6) is 0 Å². The summed E-state index contributed by atoms with van der Waals surface area (Å²) in [4.78, 5) is 34.3. The number of rotatable bonds is 7. The number of carbonyl (C=O) groups excluding carboxylic acids is 2. The largest absolute Gasteiger partial charge is 0.462 e. The number of nitrogen functional groups attached to an aromatic ring is 1. The van der Waals surface area contributed by atoms with Gasteiger partial charge in [-0.1, -0.05) is 12.1 Å². The van der Waals surface area contributed by atoms with E-state index >= 15 is 0 Å². The highest BCUT2D eigenvalue weighted by Crippen LogP contribution is 2.31. The zero-order chi connectivity index (χ0) is 20.7. The van der Waals surface area contributed by atoms with Gasteiger partial charge in [0.15, 0.2) is 0 Å². The molecule has 1 aromatic heterocycles. The molecule has 28 heavy (non-hydrogen) atoms. The van der Waals surface area contributed by atoms with Gasteiger partial charge >= 0.3 is 11.9 Å². The molecule has 0 saturated heterocycles. The van der Waals surface area contributed by atoms with E-state index in [4.69, 9.17) is 15.2 Å². The summed E-state index contributed by atoms with van der Waals surface area (Å²) in [5.41, 5.74) is 6.32. The Morgan fingerprint density at radius 1 is 1.39 bits per heavy atom. The lowest BCUT2D eigenvalue weighted by molar-refractivity contribution is -0.384. The minimum absolute atomic E-state index is 0.0588. The number of nitro groups is 1. The third-order valence-corrected chi connectivity index (χ3v) is 4.50.